The van der Waals surface area contributed by atoms with Crippen LogP contribution in [-0.4, -0.2) is 53.3 Å². The third-order valence-electron chi connectivity index (χ3n) is 3.62. The summed E-state index contributed by atoms with van der Waals surface area (Å²) in [5.74, 6) is -0.324. The largest absolute Gasteiger partial charge is 0.394 e. The number of ether oxygens (including phenoxy) is 2. The molecule has 1 heterocycles. The van der Waals surface area contributed by atoms with Gasteiger partial charge in [0.1, 0.15) is 18.2 Å². The van der Waals surface area contributed by atoms with Gasteiger partial charge in [0.25, 0.3) is 0 Å². The van der Waals surface area contributed by atoms with Crippen LogP contribution in [-0.2, 0) is 20.9 Å². The lowest BCUT2D eigenvalue weighted by molar-refractivity contribution is -0.231. The number of nitrogens with one attached hydrogen (secondary N) is 1. The van der Waals surface area contributed by atoms with Crippen molar-refractivity contribution in [2.24, 2.45) is 5.73 Å². The maximum absolute atomic E-state index is 11.3. The summed E-state index contributed by atoms with van der Waals surface area (Å²) in [6.45, 7) is 1.28. The summed E-state index contributed by atoms with van der Waals surface area (Å²) < 4.78 is 11.0. The Labute approximate surface area is 129 Å². The highest BCUT2D eigenvalue weighted by molar-refractivity contribution is 5.73. The fraction of sp³-hybridized carbons (Fsp3) is 0.533. The Morgan fingerprint density at radius 2 is 2.09 bits per heavy atom. The standard InChI is InChI=1S/C15H22N2O5/c1-9(19)17-13-14(12(16)11(7-18)22-15(13)20)21-8-10-5-3-2-4-6-10/h2-6,11-15,18,20H,7-8,16H2,1H3,(H,17,19)/t11-,12-,13-,14+,15+/m1/s1. The number of carbonyl (C=O) groups is 1. The molecule has 1 aromatic rings. The van der Waals surface area contributed by atoms with Crippen LogP contribution in [0.3, 0.4) is 0 Å². The second kappa shape index (κ2) is 7.66. The molecule has 22 heavy (non-hydrogen) atoms. The van der Waals surface area contributed by atoms with Gasteiger partial charge < -0.3 is 30.7 Å². The van der Waals surface area contributed by atoms with Gasteiger partial charge in [-0.1, -0.05) is 30.3 Å². The Morgan fingerprint density at radius 1 is 1.41 bits per heavy atom. The first-order valence-corrected chi connectivity index (χ1v) is 7.15. The molecule has 1 aliphatic heterocycles. The number of rotatable bonds is 5. The predicted molar refractivity (Wildman–Crippen MR) is 78.6 cm³/mol. The summed E-state index contributed by atoms with van der Waals surface area (Å²) in [6.07, 6.45) is -2.72. The molecule has 0 radical (unpaired) electrons. The minimum atomic E-state index is -1.29. The van der Waals surface area contributed by atoms with Crippen LogP contribution in [0.1, 0.15) is 12.5 Å². The van der Waals surface area contributed by atoms with E-state index in [1.54, 1.807) is 0 Å². The molecule has 0 bridgehead atoms. The third-order valence-corrected chi connectivity index (χ3v) is 3.62. The second-order valence-electron chi connectivity index (χ2n) is 5.31. The summed E-state index contributed by atoms with van der Waals surface area (Å²) in [7, 11) is 0. The Balaban J connectivity index is 2.10. The van der Waals surface area contributed by atoms with E-state index in [4.69, 9.17) is 15.2 Å². The Bertz CT molecular complexity index is 484. The molecule has 7 heteroatoms. The summed E-state index contributed by atoms with van der Waals surface area (Å²) in [6, 6.07) is 8.01. The second-order valence-corrected chi connectivity index (χ2v) is 5.31. The quantitative estimate of drug-likeness (QED) is 0.561. The summed E-state index contributed by atoms with van der Waals surface area (Å²) >= 11 is 0. The van der Waals surface area contributed by atoms with Crippen molar-refractivity contribution in [1.29, 1.82) is 0 Å². The molecule has 0 spiro atoms. The van der Waals surface area contributed by atoms with E-state index < -0.39 is 30.6 Å². The van der Waals surface area contributed by atoms with Crippen LogP contribution in [0, 0.1) is 0 Å². The average molecular weight is 310 g/mol. The molecule has 2 rings (SSSR count). The zero-order valence-corrected chi connectivity index (χ0v) is 12.4. The van der Waals surface area contributed by atoms with Gasteiger partial charge in [-0.15, -0.1) is 0 Å². The van der Waals surface area contributed by atoms with E-state index in [2.05, 4.69) is 5.32 Å². The molecule has 7 nitrogen and oxygen atoms in total. The van der Waals surface area contributed by atoms with E-state index in [0.717, 1.165) is 5.56 Å². The fourth-order valence-electron chi connectivity index (χ4n) is 2.50. The van der Waals surface area contributed by atoms with Gasteiger partial charge in [0.05, 0.1) is 19.3 Å². The molecule has 0 saturated carbocycles. The van der Waals surface area contributed by atoms with Gasteiger partial charge in [-0.2, -0.15) is 0 Å². The Morgan fingerprint density at radius 3 is 2.68 bits per heavy atom. The lowest BCUT2D eigenvalue weighted by atomic mass is 9.95. The van der Waals surface area contributed by atoms with Crippen molar-refractivity contribution < 1.29 is 24.5 Å². The van der Waals surface area contributed by atoms with Gasteiger partial charge in [0.2, 0.25) is 5.91 Å². The van der Waals surface area contributed by atoms with E-state index in [1.165, 1.54) is 6.92 Å². The topological polar surface area (TPSA) is 114 Å². The summed E-state index contributed by atoms with van der Waals surface area (Å²) in [4.78, 5) is 11.3. The lowest BCUT2D eigenvalue weighted by Gasteiger charge is -2.43. The van der Waals surface area contributed by atoms with Gasteiger partial charge in [-0.3, -0.25) is 4.79 Å². The first-order valence-electron chi connectivity index (χ1n) is 7.15. The van der Waals surface area contributed by atoms with Gasteiger partial charge in [-0.05, 0) is 5.56 Å². The number of aliphatic hydroxyl groups is 2. The first-order chi connectivity index (χ1) is 10.5. The zero-order valence-electron chi connectivity index (χ0n) is 12.4. The van der Waals surface area contributed by atoms with E-state index in [-0.39, 0.29) is 19.1 Å². The number of carbonyl (C=O) groups excluding carboxylic acids is 1. The zero-order chi connectivity index (χ0) is 16.1. The number of amides is 1. The van der Waals surface area contributed by atoms with Gasteiger partial charge in [-0.25, -0.2) is 0 Å². The molecule has 0 aromatic heterocycles. The van der Waals surface area contributed by atoms with Crippen LogP contribution in [0.2, 0.25) is 0 Å². The van der Waals surface area contributed by atoms with Crippen LogP contribution < -0.4 is 11.1 Å². The molecule has 1 fully saturated rings. The average Bonchev–Trinajstić information content (AvgIpc) is 2.50. The fourth-order valence-corrected chi connectivity index (χ4v) is 2.50. The minimum absolute atomic E-state index is 0.278. The van der Waals surface area contributed by atoms with Crippen molar-refractivity contribution in [2.75, 3.05) is 6.61 Å². The van der Waals surface area contributed by atoms with Crippen molar-refractivity contribution in [2.45, 2.75) is 44.1 Å². The highest BCUT2D eigenvalue weighted by Gasteiger charge is 2.44. The highest BCUT2D eigenvalue weighted by Crippen LogP contribution is 2.22. The molecule has 122 valence electrons. The molecule has 5 N–H and O–H groups in total. The normalized spacial score (nSPS) is 31.7. The molecule has 1 amide bonds. The van der Waals surface area contributed by atoms with E-state index >= 15 is 0 Å². The van der Waals surface area contributed by atoms with Crippen LogP contribution >= 0.6 is 0 Å². The SMILES string of the molecule is CC(=O)N[C@@H]1[C@@H](OCc2ccccc2)[C@H](N)[C@@H](CO)O[C@@H]1O. The molecule has 5 atom stereocenters. The van der Waals surface area contributed by atoms with E-state index in [9.17, 15) is 15.0 Å². The monoisotopic (exact) mass is 310 g/mol. The van der Waals surface area contributed by atoms with Crippen LogP contribution in [0.4, 0.5) is 0 Å². The van der Waals surface area contributed by atoms with Gasteiger partial charge >= 0.3 is 0 Å². The van der Waals surface area contributed by atoms with Gasteiger partial charge in [0, 0.05) is 6.92 Å². The summed E-state index contributed by atoms with van der Waals surface area (Å²) in [5.41, 5.74) is 7.00. The van der Waals surface area contributed by atoms with Crippen molar-refractivity contribution in [3.63, 3.8) is 0 Å². The number of aliphatic hydroxyl groups excluding tert-OH is 2. The van der Waals surface area contributed by atoms with Crippen LogP contribution in [0.25, 0.3) is 0 Å². The molecule has 1 saturated heterocycles. The maximum atomic E-state index is 11.3. The van der Waals surface area contributed by atoms with Crippen molar-refractivity contribution in [3.05, 3.63) is 35.9 Å². The smallest absolute Gasteiger partial charge is 0.217 e. The third kappa shape index (κ3) is 4.02. The van der Waals surface area contributed by atoms with Crippen molar-refractivity contribution >= 4 is 5.91 Å². The predicted octanol–water partition coefficient (Wildman–Crippen LogP) is -0.887. The number of hydrogen-bond donors (Lipinski definition) is 4. The van der Waals surface area contributed by atoms with Crippen LogP contribution in [0.5, 0.6) is 0 Å². The Kier molecular flexibility index (Phi) is 5.87. The lowest BCUT2D eigenvalue weighted by Crippen LogP contribution is -2.67. The maximum Gasteiger partial charge on any atom is 0.217 e. The highest BCUT2D eigenvalue weighted by atomic mass is 16.6. The number of benzene rings is 1. The molecular weight excluding hydrogens is 288 g/mol. The minimum Gasteiger partial charge on any atom is -0.394 e. The van der Waals surface area contributed by atoms with Gasteiger partial charge in [0.15, 0.2) is 6.29 Å². The number of hydrogen-bond acceptors (Lipinski definition) is 6. The van der Waals surface area contributed by atoms with Crippen molar-refractivity contribution in [3.8, 4) is 0 Å². The molecule has 0 unspecified atom stereocenters. The number of nitrogens with two attached hydrogens (primary N) is 1. The molecule has 1 aliphatic rings. The van der Waals surface area contributed by atoms with Crippen molar-refractivity contribution in [1.82, 2.24) is 5.32 Å². The molecule has 1 aromatic carbocycles. The Hall–Kier alpha value is -1.51. The van der Waals surface area contributed by atoms with Crippen LogP contribution in [0.15, 0.2) is 30.3 Å². The summed E-state index contributed by atoms with van der Waals surface area (Å²) in [5, 5.41) is 21.9. The molecular formula is C15H22N2O5. The first kappa shape index (κ1) is 16.9. The van der Waals surface area contributed by atoms with E-state index in [0.29, 0.717) is 0 Å². The van der Waals surface area contributed by atoms with E-state index in [1.807, 2.05) is 30.3 Å². The molecule has 0 aliphatic carbocycles.